The van der Waals surface area contributed by atoms with Crippen molar-refractivity contribution in [3.05, 3.63) is 119 Å². The van der Waals surface area contributed by atoms with E-state index in [1.165, 1.54) is 13.3 Å². The highest BCUT2D eigenvalue weighted by atomic mass is 16.5. The van der Waals surface area contributed by atoms with Gasteiger partial charge in [-0.2, -0.15) is 5.10 Å². The van der Waals surface area contributed by atoms with Crippen LogP contribution in [0.1, 0.15) is 27.0 Å². The van der Waals surface area contributed by atoms with Crippen LogP contribution < -0.4 is 25.0 Å². The summed E-state index contributed by atoms with van der Waals surface area (Å²) in [5.74, 6) is 0.888. The third-order valence-corrected chi connectivity index (χ3v) is 5.59. The Hall–Kier alpha value is -5.11. The molecule has 0 unspecified atom stereocenters. The number of hydrogen-bond acceptors (Lipinski definition) is 6. The Balaban J connectivity index is 1.25. The molecule has 0 heterocycles. The second-order valence-electron chi connectivity index (χ2n) is 8.61. The summed E-state index contributed by atoms with van der Waals surface area (Å²) in [5, 5.41) is 6.83. The van der Waals surface area contributed by atoms with E-state index < -0.39 is 5.91 Å². The average molecular weight is 524 g/mol. The van der Waals surface area contributed by atoms with Crippen molar-refractivity contribution in [1.82, 2.24) is 5.43 Å². The fraction of sp³-hybridized carbons (Fsp3) is 0.129. The largest absolute Gasteiger partial charge is 0.493 e. The number of benzene rings is 4. The van der Waals surface area contributed by atoms with Gasteiger partial charge in [0.2, 0.25) is 0 Å². The maximum Gasteiger partial charge on any atom is 0.271 e. The van der Waals surface area contributed by atoms with Gasteiger partial charge in [-0.05, 0) is 78.2 Å². The number of methoxy groups -OCH3 is 1. The van der Waals surface area contributed by atoms with Crippen LogP contribution >= 0.6 is 0 Å². The van der Waals surface area contributed by atoms with E-state index in [0.29, 0.717) is 29.4 Å². The number of nitrogens with one attached hydrogen (secondary N) is 2. The fourth-order valence-electron chi connectivity index (χ4n) is 3.61. The Morgan fingerprint density at radius 2 is 1.64 bits per heavy atom. The van der Waals surface area contributed by atoms with Crippen molar-refractivity contribution < 1.29 is 23.8 Å². The molecule has 0 fully saturated rings. The number of amides is 2. The van der Waals surface area contributed by atoms with E-state index >= 15 is 0 Å². The zero-order chi connectivity index (χ0) is 27.5. The molecule has 0 radical (unpaired) electrons. The van der Waals surface area contributed by atoms with E-state index in [4.69, 9.17) is 14.2 Å². The Morgan fingerprint density at radius 1 is 0.846 bits per heavy atom. The van der Waals surface area contributed by atoms with Crippen LogP contribution in [0.3, 0.4) is 0 Å². The van der Waals surface area contributed by atoms with Gasteiger partial charge in [-0.3, -0.25) is 9.59 Å². The number of nitrogens with zero attached hydrogens (tertiary/aromatic N) is 1. The molecular formula is C31H29N3O5. The van der Waals surface area contributed by atoms with Crippen LogP contribution in [0.4, 0.5) is 5.69 Å². The van der Waals surface area contributed by atoms with Crippen molar-refractivity contribution in [1.29, 1.82) is 0 Å². The molecule has 0 aliphatic carbocycles. The normalized spacial score (nSPS) is 10.6. The number of rotatable bonds is 11. The maximum absolute atomic E-state index is 12.6. The summed E-state index contributed by atoms with van der Waals surface area (Å²) >= 11 is 0. The first-order valence-corrected chi connectivity index (χ1v) is 12.3. The minimum atomic E-state index is -0.390. The van der Waals surface area contributed by atoms with Gasteiger partial charge in [0.25, 0.3) is 11.8 Å². The highest BCUT2D eigenvalue weighted by Gasteiger charge is 2.11. The predicted octanol–water partition coefficient (Wildman–Crippen LogP) is 5.36. The summed E-state index contributed by atoms with van der Waals surface area (Å²) in [6.45, 7) is 2.23. The summed E-state index contributed by atoms with van der Waals surface area (Å²) < 4.78 is 16.8. The lowest BCUT2D eigenvalue weighted by molar-refractivity contribution is -0.118. The monoisotopic (exact) mass is 523 g/mol. The third kappa shape index (κ3) is 8.19. The second kappa shape index (κ2) is 13.4. The van der Waals surface area contributed by atoms with E-state index in [-0.39, 0.29) is 12.5 Å². The predicted molar refractivity (Wildman–Crippen MR) is 151 cm³/mol. The molecule has 0 saturated heterocycles. The van der Waals surface area contributed by atoms with Gasteiger partial charge in [-0.15, -0.1) is 0 Å². The molecule has 0 atom stereocenters. The topological polar surface area (TPSA) is 98.3 Å². The lowest BCUT2D eigenvalue weighted by Gasteiger charge is -2.12. The van der Waals surface area contributed by atoms with Gasteiger partial charge in [-0.1, -0.05) is 42.5 Å². The quantitative estimate of drug-likeness (QED) is 0.204. The van der Waals surface area contributed by atoms with Crippen molar-refractivity contribution in [3.63, 3.8) is 0 Å². The molecule has 0 aliphatic heterocycles. The molecular weight excluding hydrogens is 494 g/mol. The fourth-order valence-corrected chi connectivity index (χ4v) is 3.61. The zero-order valence-corrected chi connectivity index (χ0v) is 21.7. The molecule has 8 nitrogen and oxygen atoms in total. The highest BCUT2D eigenvalue weighted by Crippen LogP contribution is 2.29. The molecule has 0 bridgehead atoms. The van der Waals surface area contributed by atoms with Crippen LogP contribution in [0.5, 0.6) is 17.2 Å². The van der Waals surface area contributed by atoms with Gasteiger partial charge >= 0.3 is 0 Å². The Morgan fingerprint density at radius 3 is 2.38 bits per heavy atom. The van der Waals surface area contributed by atoms with Crippen LogP contribution in [0.2, 0.25) is 0 Å². The molecule has 2 amide bonds. The summed E-state index contributed by atoms with van der Waals surface area (Å²) in [6.07, 6.45) is 1.51. The van der Waals surface area contributed by atoms with Crippen molar-refractivity contribution in [2.45, 2.75) is 13.5 Å². The van der Waals surface area contributed by atoms with Crippen LogP contribution in [-0.4, -0.2) is 31.7 Å². The molecule has 2 N–H and O–H groups in total. The Bertz CT molecular complexity index is 1440. The number of ether oxygens (including phenoxy) is 3. The zero-order valence-electron chi connectivity index (χ0n) is 21.7. The van der Waals surface area contributed by atoms with E-state index in [1.54, 1.807) is 42.5 Å². The first-order valence-electron chi connectivity index (χ1n) is 12.3. The van der Waals surface area contributed by atoms with Crippen molar-refractivity contribution in [3.8, 4) is 17.2 Å². The van der Waals surface area contributed by atoms with Gasteiger partial charge in [0.15, 0.2) is 18.1 Å². The van der Waals surface area contributed by atoms with E-state index in [2.05, 4.69) is 15.8 Å². The lowest BCUT2D eigenvalue weighted by atomic mass is 10.2. The summed E-state index contributed by atoms with van der Waals surface area (Å²) in [4.78, 5) is 24.7. The minimum Gasteiger partial charge on any atom is -0.493 e. The number of anilines is 1. The molecule has 8 heteroatoms. The first-order chi connectivity index (χ1) is 19.0. The molecule has 4 aromatic rings. The van der Waals surface area contributed by atoms with Crippen molar-refractivity contribution in [2.24, 2.45) is 5.10 Å². The molecule has 198 valence electrons. The molecule has 4 aromatic carbocycles. The average Bonchev–Trinajstić information content (AvgIpc) is 2.96. The number of hydrazone groups is 1. The first kappa shape index (κ1) is 26.9. The molecule has 0 aromatic heterocycles. The van der Waals surface area contributed by atoms with Gasteiger partial charge in [-0.25, -0.2) is 5.43 Å². The molecule has 39 heavy (non-hydrogen) atoms. The van der Waals surface area contributed by atoms with Crippen molar-refractivity contribution in [2.75, 3.05) is 19.0 Å². The van der Waals surface area contributed by atoms with E-state index in [9.17, 15) is 9.59 Å². The smallest absolute Gasteiger partial charge is 0.271 e. The number of aryl methyl sites for hydroxylation is 1. The minimum absolute atomic E-state index is 0.114. The van der Waals surface area contributed by atoms with Crippen LogP contribution in [0.25, 0.3) is 0 Å². The standard InChI is InChI=1S/C31H29N3O5/c1-22-7-6-10-26(17-22)33-30(35)21-38-27-14-11-23(12-15-27)19-32-34-31(36)25-13-16-28(29(18-25)37-2)39-20-24-8-4-3-5-9-24/h3-19H,20-21H2,1-2H3,(H,33,35)(H,34,36)/b32-19+. The Kier molecular flexibility index (Phi) is 9.28. The van der Waals surface area contributed by atoms with Gasteiger partial charge < -0.3 is 19.5 Å². The van der Waals surface area contributed by atoms with Gasteiger partial charge in [0.1, 0.15) is 12.4 Å². The number of carbonyl (C=O) groups is 2. The van der Waals surface area contributed by atoms with Crippen molar-refractivity contribution >= 4 is 23.7 Å². The van der Waals surface area contributed by atoms with Crippen LogP contribution in [0, 0.1) is 6.92 Å². The SMILES string of the molecule is COc1cc(C(=O)N/N=C/c2ccc(OCC(=O)Nc3cccc(C)c3)cc2)ccc1OCc1ccccc1. The van der Waals surface area contributed by atoms with Crippen LogP contribution in [-0.2, 0) is 11.4 Å². The van der Waals surface area contributed by atoms with E-state index in [0.717, 1.165) is 22.4 Å². The lowest BCUT2D eigenvalue weighted by Crippen LogP contribution is -2.20. The number of hydrogen-bond donors (Lipinski definition) is 2. The van der Waals surface area contributed by atoms with Gasteiger partial charge in [0.05, 0.1) is 13.3 Å². The molecule has 0 saturated carbocycles. The molecule has 0 spiro atoms. The number of carbonyl (C=O) groups excluding carboxylic acids is 2. The summed E-state index contributed by atoms with van der Waals surface area (Å²) in [6, 6.07) is 29.3. The summed E-state index contributed by atoms with van der Waals surface area (Å²) in [7, 11) is 1.52. The van der Waals surface area contributed by atoms with Gasteiger partial charge in [0, 0.05) is 11.3 Å². The summed E-state index contributed by atoms with van der Waals surface area (Å²) in [5.41, 5.74) is 6.44. The Labute approximate surface area is 227 Å². The molecule has 4 rings (SSSR count). The second-order valence-corrected chi connectivity index (χ2v) is 8.61. The highest BCUT2D eigenvalue weighted by molar-refractivity contribution is 5.95. The third-order valence-electron chi connectivity index (χ3n) is 5.59. The van der Waals surface area contributed by atoms with E-state index in [1.807, 2.05) is 61.5 Å². The maximum atomic E-state index is 12.6. The van der Waals surface area contributed by atoms with Crippen LogP contribution in [0.15, 0.2) is 102 Å². The molecule has 0 aliphatic rings.